The zero-order valence-electron chi connectivity index (χ0n) is 8.40. The van der Waals surface area contributed by atoms with Crippen molar-refractivity contribution >= 4 is 5.69 Å². The summed E-state index contributed by atoms with van der Waals surface area (Å²) < 4.78 is 0. The Morgan fingerprint density at radius 2 is 2.00 bits per heavy atom. The predicted molar refractivity (Wildman–Crippen MR) is 59.9 cm³/mol. The molecule has 80 valence electrons. The number of benzene rings is 1. The van der Waals surface area contributed by atoms with Gasteiger partial charge in [-0.1, -0.05) is 30.3 Å². The van der Waals surface area contributed by atoms with E-state index in [2.05, 4.69) is 20.8 Å². The molecule has 0 saturated heterocycles. The standard InChI is InChI=1S/C11H10N4O/c16-11-10-9(12-6-13-11)8(14-15-10)7-4-2-1-3-5-7/h1-6,8,14-15H,(H,12,13,16). The van der Waals surface area contributed by atoms with Crippen LogP contribution in [0.15, 0.2) is 41.5 Å². The lowest BCUT2D eigenvalue weighted by Gasteiger charge is -2.09. The van der Waals surface area contributed by atoms with Crippen LogP contribution in [0, 0.1) is 0 Å². The third-order valence-corrected chi connectivity index (χ3v) is 2.63. The monoisotopic (exact) mass is 214 g/mol. The summed E-state index contributed by atoms with van der Waals surface area (Å²) in [5, 5.41) is 0. The van der Waals surface area contributed by atoms with Crippen molar-refractivity contribution in [3.05, 3.63) is 58.3 Å². The summed E-state index contributed by atoms with van der Waals surface area (Å²) in [5.74, 6) is 0. The van der Waals surface area contributed by atoms with Crippen LogP contribution in [0.5, 0.6) is 0 Å². The number of fused-ring (bicyclic) bond motifs is 1. The summed E-state index contributed by atoms with van der Waals surface area (Å²) in [6, 6.07) is 9.80. The minimum absolute atomic E-state index is 0.0708. The predicted octanol–water partition coefficient (Wildman–Crippen LogP) is 0.789. The van der Waals surface area contributed by atoms with Crippen molar-refractivity contribution in [3.63, 3.8) is 0 Å². The van der Waals surface area contributed by atoms with Gasteiger partial charge in [0.15, 0.2) is 0 Å². The van der Waals surface area contributed by atoms with E-state index in [4.69, 9.17) is 0 Å². The maximum atomic E-state index is 11.5. The number of nitrogens with zero attached hydrogens (tertiary/aromatic N) is 1. The van der Waals surface area contributed by atoms with Gasteiger partial charge in [-0.3, -0.25) is 4.79 Å². The van der Waals surface area contributed by atoms with E-state index in [1.807, 2.05) is 30.3 Å². The van der Waals surface area contributed by atoms with Gasteiger partial charge in [0.1, 0.15) is 5.69 Å². The van der Waals surface area contributed by atoms with Gasteiger partial charge in [-0.2, -0.15) is 0 Å². The van der Waals surface area contributed by atoms with E-state index in [1.54, 1.807) is 0 Å². The van der Waals surface area contributed by atoms with E-state index in [-0.39, 0.29) is 11.6 Å². The molecular weight excluding hydrogens is 204 g/mol. The maximum Gasteiger partial charge on any atom is 0.275 e. The first-order valence-corrected chi connectivity index (χ1v) is 5.00. The third-order valence-electron chi connectivity index (χ3n) is 2.63. The van der Waals surface area contributed by atoms with E-state index in [1.165, 1.54) is 6.33 Å². The molecule has 1 aromatic carbocycles. The SMILES string of the molecule is O=c1[nH]cnc2c1NNC2c1ccccc1. The van der Waals surface area contributed by atoms with Crippen LogP contribution in [-0.2, 0) is 0 Å². The van der Waals surface area contributed by atoms with Crippen molar-refractivity contribution in [1.82, 2.24) is 15.4 Å². The van der Waals surface area contributed by atoms with E-state index in [0.29, 0.717) is 5.69 Å². The Labute approximate surface area is 91.5 Å². The summed E-state index contributed by atoms with van der Waals surface area (Å²) in [4.78, 5) is 18.2. The van der Waals surface area contributed by atoms with Gasteiger partial charge < -0.3 is 10.4 Å². The number of aromatic nitrogens is 2. The van der Waals surface area contributed by atoms with E-state index >= 15 is 0 Å². The van der Waals surface area contributed by atoms with Crippen molar-refractivity contribution < 1.29 is 0 Å². The van der Waals surface area contributed by atoms with Gasteiger partial charge in [0, 0.05) is 0 Å². The van der Waals surface area contributed by atoms with Crippen LogP contribution in [0.25, 0.3) is 0 Å². The maximum absolute atomic E-state index is 11.5. The number of aromatic amines is 1. The molecule has 16 heavy (non-hydrogen) atoms. The molecular formula is C11H10N4O. The Morgan fingerprint density at radius 3 is 2.81 bits per heavy atom. The molecule has 1 atom stereocenters. The van der Waals surface area contributed by atoms with Crippen molar-refractivity contribution in [2.75, 3.05) is 5.43 Å². The average molecular weight is 214 g/mol. The highest BCUT2D eigenvalue weighted by atomic mass is 16.1. The van der Waals surface area contributed by atoms with Crippen LogP contribution >= 0.6 is 0 Å². The van der Waals surface area contributed by atoms with Gasteiger partial charge >= 0.3 is 0 Å². The summed E-state index contributed by atoms with van der Waals surface area (Å²) in [6.45, 7) is 0. The lowest BCUT2D eigenvalue weighted by molar-refractivity contribution is 0.711. The van der Waals surface area contributed by atoms with Crippen LogP contribution in [0.4, 0.5) is 5.69 Å². The number of hydrogen-bond donors (Lipinski definition) is 3. The Balaban J connectivity index is 2.11. The normalized spacial score (nSPS) is 17.9. The highest BCUT2D eigenvalue weighted by molar-refractivity contribution is 5.53. The molecule has 2 heterocycles. The van der Waals surface area contributed by atoms with E-state index in [9.17, 15) is 4.79 Å². The Kier molecular flexibility index (Phi) is 1.97. The molecule has 5 nitrogen and oxygen atoms in total. The minimum Gasteiger partial charge on any atom is -0.314 e. The molecule has 0 spiro atoms. The number of hydrogen-bond acceptors (Lipinski definition) is 4. The number of hydrazine groups is 1. The molecule has 3 rings (SSSR count). The fourth-order valence-corrected chi connectivity index (χ4v) is 1.85. The zero-order valence-corrected chi connectivity index (χ0v) is 8.40. The molecule has 0 bridgehead atoms. The van der Waals surface area contributed by atoms with Gasteiger partial charge in [-0.25, -0.2) is 10.4 Å². The van der Waals surface area contributed by atoms with Crippen molar-refractivity contribution in [1.29, 1.82) is 0 Å². The van der Waals surface area contributed by atoms with Crippen LogP contribution in [0.2, 0.25) is 0 Å². The highest BCUT2D eigenvalue weighted by Gasteiger charge is 2.26. The first-order valence-electron chi connectivity index (χ1n) is 5.00. The second-order valence-electron chi connectivity index (χ2n) is 3.60. The second-order valence-corrected chi connectivity index (χ2v) is 3.60. The molecule has 3 N–H and O–H groups in total. The van der Waals surface area contributed by atoms with Gasteiger partial charge in [0.25, 0.3) is 5.56 Å². The Bertz CT molecular complexity index is 564. The number of rotatable bonds is 1. The lowest BCUT2D eigenvalue weighted by atomic mass is 10.0. The molecule has 5 heteroatoms. The quantitative estimate of drug-likeness (QED) is 0.656. The van der Waals surface area contributed by atoms with Crippen LogP contribution < -0.4 is 16.4 Å². The Morgan fingerprint density at radius 1 is 1.19 bits per heavy atom. The summed E-state index contributed by atoms with van der Waals surface area (Å²) in [6.07, 6.45) is 1.42. The van der Waals surface area contributed by atoms with Crippen LogP contribution in [0.1, 0.15) is 17.3 Å². The molecule has 0 amide bonds. The smallest absolute Gasteiger partial charge is 0.275 e. The van der Waals surface area contributed by atoms with Gasteiger partial charge in [-0.05, 0) is 5.56 Å². The number of H-pyrrole nitrogens is 1. The second kappa shape index (κ2) is 3.46. The van der Waals surface area contributed by atoms with Gasteiger partial charge in [0.05, 0.1) is 18.1 Å². The summed E-state index contributed by atoms with van der Waals surface area (Å²) in [7, 11) is 0. The molecule has 0 radical (unpaired) electrons. The molecule has 1 aliphatic heterocycles. The number of anilines is 1. The number of nitrogens with one attached hydrogen (secondary N) is 3. The first-order chi connectivity index (χ1) is 7.86. The summed E-state index contributed by atoms with van der Waals surface area (Å²) >= 11 is 0. The molecule has 0 aliphatic carbocycles. The van der Waals surface area contributed by atoms with Gasteiger partial charge in [-0.15, -0.1) is 0 Å². The average Bonchev–Trinajstić information content (AvgIpc) is 2.75. The zero-order chi connectivity index (χ0) is 11.0. The summed E-state index contributed by atoms with van der Waals surface area (Å²) in [5.41, 5.74) is 8.05. The molecule has 0 fully saturated rings. The van der Waals surface area contributed by atoms with E-state index < -0.39 is 0 Å². The molecule has 1 unspecified atom stereocenters. The van der Waals surface area contributed by atoms with E-state index in [0.717, 1.165) is 11.3 Å². The first kappa shape index (κ1) is 9.11. The highest BCUT2D eigenvalue weighted by Crippen LogP contribution is 2.27. The third kappa shape index (κ3) is 1.30. The fraction of sp³-hybridized carbons (Fsp3) is 0.0909. The fourth-order valence-electron chi connectivity index (χ4n) is 1.85. The van der Waals surface area contributed by atoms with Crippen LogP contribution in [-0.4, -0.2) is 9.97 Å². The Hall–Kier alpha value is -2.14. The topological polar surface area (TPSA) is 69.8 Å². The van der Waals surface area contributed by atoms with Crippen molar-refractivity contribution in [2.24, 2.45) is 0 Å². The molecule has 1 aliphatic rings. The van der Waals surface area contributed by atoms with Crippen molar-refractivity contribution in [2.45, 2.75) is 6.04 Å². The largest absolute Gasteiger partial charge is 0.314 e. The molecule has 0 saturated carbocycles. The molecule has 2 aromatic rings. The van der Waals surface area contributed by atoms with Gasteiger partial charge in [0.2, 0.25) is 0 Å². The van der Waals surface area contributed by atoms with Crippen LogP contribution in [0.3, 0.4) is 0 Å². The van der Waals surface area contributed by atoms with Crippen molar-refractivity contribution in [3.8, 4) is 0 Å². The molecule has 1 aromatic heterocycles. The lowest BCUT2D eigenvalue weighted by Crippen LogP contribution is -2.20. The minimum atomic E-state index is -0.157.